The summed E-state index contributed by atoms with van der Waals surface area (Å²) < 4.78 is 42.6. The molecule has 0 aromatic heterocycles. The Labute approximate surface area is 142 Å². The Hall–Kier alpha value is -2.06. The van der Waals surface area contributed by atoms with E-state index >= 15 is 0 Å². The summed E-state index contributed by atoms with van der Waals surface area (Å²) in [5.41, 5.74) is 0.461. The molecule has 1 aromatic carbocycles. The van der Waals surface area contributed by atoms with Gasteiger partial charge in [0, 0.05) is 12.6 Å². The van der Waals surface area contributed by atoms with Crippen LogP contribution in [-0.2, 0) is 19.6 Å². The number of ether oxygens (including phenoxy) is 3. The Bertz CT molecular complexity index is 710. The van der Waals surface area contributed by atoms with E-state index in [2.05, 4.69) is 9.46 Å². The molecule has 0 bridgehead atoms. The molecule has 1 aromatic rings. The van der Waals surface area contributed by atoms with Crippen molar-refractivity contribution in [2.75, 3.05) is 27.9 Å². The zero-order valence-corrected chi connectivity index (χ0v) is 15.3. The number of sulfonamides is 1. The molecule has 0 atom stereocenters. The summed E-state index contributed by atoms with van der Waals surface area (Å²) in [6.07, 6.45) is 2.63. The maximum atomic E-state index is 12.6. The average Bonchev–Trinajstić information content (AvgIpc) is 2.56. The predicted molar refractivity (Wildman–Crippen MR) is 90.6 cm³/mol. The van der Waals surface area contributed by atoms with Crippen molar-refractivity contribution in [3.8, 4) is 11.5 Å². The SMILES string of the molecule is COC(=O)/C=C\c1cc(OC)c(OC)c(S(=O)(=O)NCC(C)C)c1. The molecule has 24 heavy (non-hydrogen) atoms. The van der Waals surface area contributed by atoms with E-state index in [0.717, 1.165) is 0 Å². The van der Waals surface area contributed by atoms with Gasteiger partial charge in [-0.25, -0.2) is 17.9 Å². The van der Waals surface area contributed by atoms with Gasteiger partial charge in [0.05, 0.1) is 21.3 Å². The van der Waals surface area contributed by atoms with Crippen LogP contribution in [0.3, 0.4) is 0 Å². The third-order valence-corrected chi connectivity index (χ3v) is 4.48. The van der Waals surface area contributed by atoms with Crippen LogP contribution in [0.1, 0.15) is 19.4 Å². The van der Waals surface area contributed by atoms with Crippen molar-refractivity contribution in [1.82, 2.24) is 4.72 Å². The molecule has 0 unspecified atom stereocenters. The second-order valence-electron chi connectivity index (χ2n) is 5.36. The number of carbonyl (C=O) groups is 1. The van der Waals surface area contributed by atoms with Gasteiger partial charge in [-0.3, -0.25) is 0 Å². The minimum atomic E-state index is -3.80. The van der Waals surface area contributed by atoms with Gasteiger partial charge in [-0.05, 0) is 29.7 Å². The number of nitrogens with one attached hydrogen (secondary N) is 1. The predicted octanol–water partition coefficient (Wildman–Crippen LogP) is 1.82. The van der Waals surface area contributed by atoms with Crippen LogP contribution in [0.4, 0.5) is 0 Å². The van der Waals surface area contributed by atoms with Gasteiger partial charge in [0.2, 0.25) is 10.0 Å². The highest BCUT2D eigenvalue weighted by atomic mass is 32.2. The number of benzene rings is 1. The normalized spacial score (nSPS) is 11.8. The lowest BCUT2D eigenvalue weighted by molar-refractivity contribution is -0.134. The van der Waals surface area contributed by atoms with Crippen molar-refractivity contribution in [3.63, 3.8) is 0 Å². The summed E-state index contributed by atoms with van der Waals surface area (Å²) in [6, 6.07) is 2.98. The number of rotatable bonds is 8. The summed E-state index contributed by atoms with van der Waals surface area (Å²) in [4.78, 5) is 11.2. The summed E-state index contributed by atoms with van der Waals surface area (Å²) in [7, 11) is 0.225. The van der Waals surface area contributed by atoms with Crippen LogP contribution in [0.25, 0.3) is 6.08 Å². The van der Waals surface area contributed by atoms with Crippen LogP contribution in [-0.4, -0.2) is 42.3 Å². The fourth-order valence-electron chi connectivity index (χ4n) is 1.83. The molecule has 0 aliphatic carbocycles. The Morgan fingerprint density at radius 1 is 1.21 bits per heavy atom. The Morgan fingerprint density at radius 3 is 2.38 bits per heavy atom. The molecule has 7 nitrogen and oxygen atoms in total. The molecular formula is C16H23NO6S. The van der Waals surface area contributed by atoms with Crippen molar-refractivity contribution < 1.29 is 27.4 Å². The van der Waals surface area contributed by atoms with Crippen molar-refractivity contribution >= 4 is 22.1 Å². The number of methoxy groups -OCH3 is 3. The fourth-order valence-corrected chi connectivity index (χ4v) is 3.26. The van der Waals surface area contributed by atoms with E-state index in [4.69, 9.17) is 9.47 Å². The Kier molecular flexibility index (Phi) is 7.24. The minimum absolute atomic E-state index is 0.0606. The van der Waals surface area contributed by atoms with Gasteiger partial charge < -0.3 is 14.2 Å². The van der Waals surface area contributed by atoms with E-state index in [1.54, 1.807) is 6.07 Å². The maximum absolute atomic E-state index is 12.6. The summed E-state index contributed by atoms with van der Waals surface area (Å²) in [5, 5.41) is 0. The zero-order chi connectivity index (χ0) is 18.3. The van der Waals surface area contributed by atoms with Gasteiger partial charge in [0.1, 0.15) is 4.90 Å². The second-order valence-corrected chi connectivity index (χ2v) is 7.09. The van der Waals surface area contributed by atoms with Crippen LogP contribution < -0.4 is 14.2 Å². The molecule has 0 aliphatic heterocycles. The van der Waals surface area contributed by atoms with Crippen molar-refractivity contribution in [1.29, 1.82) is 0 Å². The van der Waals surface area contributed by atoms with Crippen LogP contribution in [0, 0.1) is 5.92 Å². The molecule has 134 valence electrons. The van der Waals surface area contributed by atoms with Crippen LogP contribution in [0.2, 0.25) is 0 Å². The van der Waals surface area contributed by atoms with Gasteiger partial charge >= 0.3 is 5.97 Å². The van der Waals surface area contributed by atoms with E-state index in [9.17, 15) is 13.2 Å². The summed E-state index contributed by atoms with van der Waals surface area (Å²) >= 11 is 0. The summed E-state index contributed by atoms with van der Waals surface area (Å²) in [6.45, 7) is 4.09. The van der Waals surface area contributed by atoms with Crippen LogP contribution >= 0.6 is 0 Å². The number of hydrogen-bond acceptors (Lipinski definition) is 6. The first-order valence-electron chi connectivity index (χ1n) is 7.26. The molecule has 0 heterocycles. The lowest BCUT2D eigenvalue weighted by Gasteiger charge is -2.15. The molecule has 1 N–H and O–H groups in total. The fraction of sp³-hybridized carbons (Fsp3) is 0.438. The van der Waals surface area contributed by atoms with E-state index in [1.807, 2.05) is 13.8 Å². The first-order valence-corrected chi connectivity index (χ1v) is 8.75. The Balaban J connectivity index is 3.40. The summed E-state index contributed by atoms with van der Waals surface area (Å²) in [5.74, 6) is -0.0550. The monoisotopic (exact) mass is 357 g/mol. The topological polar surface area (TPSA) is 90.9 Å². The standard InChI is InChI=1S/C16H23NO6S/c1-11(2)10-17-24(19,20)14-9-12(6-7-15(18)22-4)8-13(21-3)16(14)23-5/h6-9,11,17H,10H2,1-5H3/b7-6-. The van der Waals surface area contributed by atoms with Gasteiger partial charge in [0.15, 0.2) is 11.5 Å². The third-order valence-electron chi connectivity index (χ3n) is 3.05. The number of esters is 1. The van der Waals surface area contributed by atoms with Gasteiger partial charge in [-0.15, -0.1) is 0 Å². The molecule has 0 amide bonds. The quantitative estimate of drug-likeness (QED) is 0.564. The van der Waals surface area contributed by atoms with E-state index < -0.39 is 16.0 Å². The number of carbonyl (C=O) groups excluding carboxylic acids is 1. The van der Waals surface area contributed by atoms with Gasteiger partial charge in [-0.1, -0.05) is 13.8 Å². The van der Waals surface area contributed by atoms with Gasteiger partial charge in [0.25, 0.3) is 0 Å². The van der Waals surface area contributed by atoms with Crippen LogP contribution in [0.15, 0.2) is 23.1 Å². The molecule has 1 rings (SSSR count). The first-order chi connectivity index (χ1) is 11.2. The molecule has 0 aliphatic rings. The number of hydrogen-bond donors (Lipinski definition) is 1. The Morgan fingerprint density at radius 2 is 1.88 bits per heavy atom. The van der Waals surface area contributed by atoms with Crippen molar-refractivity contribution in [3.05, 3.63) is 23.8 Å². The minimum Gasteiger partial charge on any atom is -0.493 e. The van der Waals surface area contributed by atoms with E-state index in [-0.39, 0.29) is 28.9 Å². The molecular weight excluding hydrogens is 334 g/mol. The van der Waals surface area contributed by atoms with E-state index in [0.29, 0.717) is 5.56 Å². The lowest BCUT2D eigenvalue weighted by atomic mass is 10.2. The van der Waals surface area contributed by atoms with Crippen molar-refractivity contribution in [2.45, 2.75) is 18.7 Å². The molecule has 0 saturated heterocycles. The van der Waals surface area contributed by atoms with Crippen molar-refractivity contribution in [2.24, 2.45) is 5.92 Å². The molecule has 8 heteroatoms. The highest BCUT2D eigenvalue weighted by Gasteiger charge is 2.23. The smallest absolute Gasteiger partial charge is 0.330 e. The first kappa shape index (κ1) is 20.0. The van der Waals surface area contributed by atoms with Crippen LogP contribution in [0.5, 0.6) is 11.5 Å². The zero-order valence-electron chi connectivity index (χ0n) is 14.5. The third kappa shape index (κ3) is 5.24. The van der Waals surface area contributed by atoms with Gasteiger partial charge in [-0.2, -0.15) is 0 Å². The van der Waals surface area contributed by atoms with E-state index in [1.165, 1.54) is 39.5 Å². The highest BCUT2D eigenvalue weighted by molar-refractivity contribution is 7.89. The lowest BCUT2D eigenvalue weighted by Crippen LogP contribution is -2.28. The highest BCUT2D eigenvalue weighted by Crippen LogP contribution is 2.36. The average molecular weight is 357 g/mol. The molecule has 0 saturated carbocycles. The molecule has 0 radical (unpaired) electrons. The largest absolute Gasteiger partial charge is 0.493 e. The maximum Gasteiger partial charge on any atom is 0.330 e. The second kappa shape index (κ2) is 8.70. The molecule has 0 spiro atoms. The molecule has 0 fully saturated rings.